The van der Waals surface area contributed by atoms with E-state index in [1.807, 2.05) is 19.1 Å². The highest BCUT2D eigenvalue weighted by molar-refractivity contribution is 6.21. The molecule has 0 unspecified atom stereocenters. The molecule has 6 heteroatoms. The van der Waals surface area contributed by atoms with Crippen molar-refractivity contribution in [1.82, 2.24) is 4.90 Å². The van der Waals surface area contributed by atoms with Crippen molar-refractivity contribution in [2.24, 2.45) is 0 Å². The summed E-state index contributed by atoms with van der Waals surface area (Å²) in [4.78, 5) is 40.6. The molecule has 2 aliphatic rings. The fourth-order valence-electron chi connectivity index (χ4n) is 3.83. The Bertz CT molecular complexity index is 913. The monoisotopic (exact) mass is 377 g/mol. The van der Waals surface area contributed by atoms with Gasteiger partial charge in [-0.15, -0.1) is 0 Å². The van der Waals surface area contributed by atoms with Gasteiger partial charge in [-0.05, 0) is 55.7 Å². The van der Waals surface area contributed by atoms with Crippen LogP contribution < -0.4 is 10.2 Å². The Morgan fingerprint density at radius 3 is 2.25 bits per heavy atom. The topological polar surface area (TPSA) is 69.7 Å². The van der Waals surface area contributed by atoms with Gasteiger partial charge in [-0.3, -0.25) is 19.3 Å². The number of amides is 3. The minimum atomic E-state index is -0.334. The van der Waals surface area contributed by atoms with E-state index >= 15 is 0 Å². The second-order valence-corrected chi connectivity index (χ2v) is 7.30. The van der Waals surface area contributed by atoms with Crippen molar-refractivity contribution in [1.29, 1.82) is 0 Å². The zero-order chi connectivity index (χ0) is 19.7. The number of rotatable bonds is 5. The van der Waals surface area contributed by atoms with Gasteiger partial charge in [0.15, 0.2) is 0 Å². The first-order chi connectivity index (χ1) is 13.5. The summed E-state index contributed by atoms with van der Waals surface area (Å²) in [5.74, 6) is -0.882. The maximum atomic E-state index is 12.4. The average Bonchev–Trinajstić information content (AvgIpc) is 3.31. The highest BCUT2D eigenvalue weighted by Crippen LogP contribution is 2.26. The number of imide groups is 1. The van der Waals surface area contributed by atoms with Crippen molar-refractivity contribution >= 4 is 29.1 Å². The molecular weight excluding hydrogens is 354 g/mol. The van der Waals surface area contributed by atoms with E-state index in [1.165, 1.54) is 18.5 Å². The number of aryl methyl sites for hydroxylation is 1. The Hall–Kier alpha value is -3.15. The third kappa shape index (κ3) is 3.38. The predicted octanol–water partition coefficient (Wildman–Crippen LogP) is 3.22. The molecule has 0 aromatic heterocycles. The molecule has 0 spiro atoms. The number of carbonyl (C=O) groups is 3. The van der Waals surface area contributed by atoms with Gasteiger partial charge < -0.3 is 10.2 Å². The van der Waals surface area contributed by atoms with Crippen LogP contribution in [0.2, 0.25) is 0 Å². The van der Waals surface area contributed by atoms with E-state index in [9.17, 15) is 14.4 Å². The largest absolute Gasteiger partial charge is 0.372 e. The number of nitrogens with zero attached hydrogens (tertiary/aromatic N) is 2. The van der Waals surface area contributed by atoms with E-state index in [0.717, 1.165) is 29.2 Å². The summed E-state index contributed by atoms with van der Waals surface area (Å²) in [5, 5.41) is 2.90. The number of anilines is 2. The number of hydrogen-bond acceptors (Lipinski definition) is 4. The van der Waals surface area contributed by atoms with Crippen LogP contribution in [0.5, 0.6) is 0 Å². The molecule has 0 radical (unpaired) electrons. The molecule has 2 aromatic carbocycles. The number of hydrogen-bond donors (Lipinski definition) is 1. The summed E-state index contributed by atoms with van der Waals surface area (Å²) in [5.41, 5.74) is 3.75. The zero-order valence-electron chi connectivity index (χ0n) is 15.9. The van der Waals surface area contributed by atoms with Crippen LogP contribution in [0.15, 0.2) is 42.5 Å². The van der Waals surface area contributed by atoms with Gasteiger partial charge in [-0.1, -0.05) is 12.1 Å². The smallest absolute Gasteiger partial charge is 0.261 e. The molecule has 3 amide bonds. The lowest BCUT2D eigenvalue weighted by Gasteiger charge is -2.19. The summed E-state index contributed by atoms with van der Waals surface area (Å²) in [7, 11) is 0. The van der Waals surface area contributed by atoms with Crippen molar-refractivity contribution in [2.45, 2.75) is 26.2 Å². The third-order valence-corrected chi connectivity index (χ3v) is 5.40. The number of fused-ring (bicyclic) bond motifs is 1. The maximum absolute atomic E-state index is 12.4. The Kier molecular flexibility index (Phi) is 4.86. The molecular formula is C22H23N3O3. The van der Waals surface area contributed by atoms with Gasteiger partial charge in [0.2, 0.25) is 5.91 Å². The van der Waals surface area contributed by atoms with Crippen molar-refractivity contribution in [2.75, 3.05) is 29.9 Å². The van der Waals surface area contributed by atoms with Gasteiger partial charge in [0.05, 0.1) is 11.1 Å². The number of carbonyl (C=O) groups excluding carboxylic acids is 3. The van der Waals surface area contributed by atoms with Gasteiger partial charge in [0.25, 0.3) is 11.8 Å². The quantitative estimate of drug-likeness (QED) is 0.813. The maximum Gasteiger partial charge on any atom is 0.261 e. The van der Waals surface area contributed by atoms with Crippen LogP contribution in [-0.4, -0.2) is 42.3 Å². The van der Waals surface area contributed by atoms with Crippen LogP contribution in [0.4, 0.5) is 11.4 Å². The van der Waals surface area contributed by atoms with Crippen LogP contribution in [-0.2, 0) is 4.79 Å². The van der Waals surface area contributed by atoms with Crippen molar-refractivity contribution < 1.29 is 14.4 Å². The minimum absolute atomic E-state index is 0.0682. The molecule has 0 aliphatic carbocycles. The number of benzene rings is 2. The number of nitrogens with one attached hydrogen (secondary N) is 1. The first kappa shape index (κ1) is 18.2. The van der Waals surface area contributed by atoms with Crippen molar-refractivity contribution in [3.63, 3.8) is 0 Å². The van der Waals surface area contributed by atoms with E-state index in [0.29, 0.717) is 11.1 Å². The van der Waals surface area contributed by atoms with Crippen LogP contribution in [0, 0.1) is 6.92 Å². The Morgan fingerprint density at radius 1 is 1.00 bits per heavy atom. The van der Waals surface area contributed by atoms with E-state index in [4.69, 9.17) is 0 Å². The van der Waals surface area contributed by atoms with E-state index < -0.39 is 0 Å². The highest BCUT2D eigenvalue weighted by atomic mass is 16.2. The first-order valence-electron chi connectivity index (χ1n) is 9.65. The molecule has 144 valence electrons. The standard InChI is InChI=1S/C22H23N3O3/c1-15-14-16(24-11-4-5-12-24)8-9-19(15)23-20(26)10-13-25-21(27)17-6-2-3-7-18(17)22(25)28/h2-3,6-9,14H,4-5,10-13H2,1H3,(H,23,26). The molecule has 1 fully saturated rings. The lowest BCUT2D eigenvalue weighted by molar-refractivity contribution is -0.116. The second-order valence-electron chi connectivity index (χ2n) is 7.30. The molecule has 0 bridgehead atoms. The van der Waals surface area contributed by atoms with Gasteiger partial charge in [0.1, 0.15) is 0 Å². The van der Waals surface area contributed by atoms with Crippen LogP contribution in [0.3, 0.4) is 0 Å². The van der Waals surface area contributed by atoms with Gasteiger partial charge in [0, 0.05) is 37.4 Å². The summed E-state index contributed by atoms with van der Waals surface area (Å²) in [6.07, 6.45) is 2.50. The van der Waals surface area contributed by atoms with Gasteiger partial charge in [-0.25, -0.2) is 0 Å². The SMILES string of the molecule is Cc1cc(N2CCCC2)ccc1NC(=O)CCN1C(=O)c2ccccc2C1=O. The van der Waals surface area contributed by atoms with Crippen molar-refractivity contribution in [3.8, 4) is 0 Å². The van der Waals surface area contributed by atoms with Crippen LogP contribution in [0.25, 0.3) is 0 Å². The molecule has 1 N–H and O–H groups in total. The lowest BCUT2D eigenvalue weighted by atomic mass is 10.1. The molecule has 2 aliphatic heterocycles. The normalized spacial score (nSPS) is 15.9. The molecule has 2 aromatic rings. The Labute approximate surface area is 164 Å². The molecule has 1 saturated heterocycles. The summed E-state index contributed by atoms with van der Waals surface area (Å²) in [6.45, 7) is 4.19. The van der Waals surface area contributed by atoms with E-state index in [1.54, 1.807) is 24.3 Å². The zero-order valence-corrected chi connectivity index (χ0v) is 15.9. The Balaban J connectivity index is 1.36. The predicted molar refractivity (Wildman–Crippen MR) is 108 cm³/mol. The van der Waals surface area contributed by atoms with Crippen LogP contribution in [0.1, 0.15) is 45.5 Å². The second kappa shape index (κ2) is 7.46. The summed E-state index contributed by atoms with van der Waals surface area (Å²) >= 11 is 0. The molecule has 0 saturated carbocycles. The lowest BCUT2D eigenvalue weighted by Crippen LogP contribution is -2.32. The minimum Gasteiger partial charge on any atom is -0.372 e. The molecule has 2 heterocycles. The fourth-order valence-corrected chi connectivity index (χ4v) is 3.83. The van der Waals surface area contributed by atoms with Gasteiger partial charge in [-0.2, -0.15) is 0 Å². The average molecular weight is 377 g/mol. The molecule has 28 heavy (non-hydrogen) atoms. The third-order valence-electron chi connectivity index (χ3n) is 5.40. The molecule has 0 atom stereocenters. The summed E-state index contributed by atoms with van der Waals surface area (Å²) < 4.78 is 0. The van der Waals surface area contributed by atoms with Gasteiger partial charge >= 0.3 is 0 Å². The molecule has 6 nitrogen and oxygen atoms in total. The summed E-state index contributed by atoms with van der Waals surface area (Å²) in [6, 6.07) is 12.8. The van der Waals surface area contributed by atoms with Crippen LogP contribution >= 0.6 is 0 Å². The van der Waals surface area contributed by atoms with E-state index in [2.05, 4.69) is 16.3 Å². The highest BCUT2D eigenvalue weighted by Gasteiger charge is 2.34. The molecule has 4 rings (SSSR count). The fraction of sp³-hybridized carbons (Fsp3) is 0.318. The van der Waals surface area contributed by atoms with Crippen molar-refractivity contribution in [3.05, 3.63) is 59.2 Å². The first-order valence-corrected chi connectivity index (χ1v) is 9.65. The van der Waals surface area contributed by atoms with E-state index in [-0.39, 0.29) is 30.7 Å². The Morgan fingerprint density at radius 2 is 1.64 bits per heavy atom.